The first-order chi connectivity index (χ1) is 13.2. The molecule has 3 nitrogen and oxygen atoms in total. The van der Waals surface area contributed by atoms with Gasteiger partial charge in [0, 0.05) is 0 Å². The van der Waals surface area contributed by atoms with Crippen LogP contribution in [0.15, 0.2) is 73.3 Å². The Morgan fingerprint density at radius 2 is 1.74 bits per heavy atom. The van der Waals surface area contributed by atoms with E-state index in [2.05, 4.69) is 79.2 Å². The highest BCUT2D eigenvalue weighted by Gasteiger charge is 2.15. The maximum absolute atomic E-state index is 9.02. The van der Waals surface area contributed by atoms with Crippen molar-refractivity contribution in [1.82, 2.24) is 4.57 Å². The highest BCUT2D eigenvalue weighted by Crippen LogP contribution is 2.31. The summed E-state index contributed by atoms with van der Waals surface area (Å²) in [5.41, 5.74) is 4.16. The van der Waals surface area contributed by atoms with Crippen molar-refractivity contribution >= 4 is 0 Å². The Hall–Kier alpha value is -2.39. The van der Waals surface area contributed by atoms with E-state index in [9.17, 15) is 0 Å². The van der Waals surface area contributed by atoms with Crippen molar-refractivity contribution in [2.24, 2.45) is 0 Å². The molecule has 0 spiro atoms. The second-order valence-corrected chi connectivity index (χ2v) is 7.44. The van der Waals surface area contributed by atoms with Gasteiger partial charge in [-0.05, 0) is 41.4 Å². The summed E-state index contributed by atoms with van der Waals surface area (Å²) in [6.07, 6.45) is 8.45. The number of aliphatic hydroxyl groups is 1. The van der Waals surface area contributed by atoms with Crippen molar-refractivity contribution in [3.8, 4) is 0 Å². The second kappa shape index (κ2) is 9.52. The summed E-state index contributed by atoms with van der Waals surface area (Å²) in [5, 5.41) is 9.02. The van der Waals surface area contributed by atoms with Gasteiger partial charge < -0.3 is 5.11 Å². The SMILES string of the molecule is CCC(CC(C)c1ccc(C[n+]2ccn(CCO)c2)cc1)c1ccccc1. The molecule has 2 aromatic carbocycles. The third-order valence-electron chi connectivity index (χ3n) is 5.42. The van der Waals surface area contributed by atoms with Crippen LogP contribution < -0.4 is 4.57 Å². The van der Waals surface area contributed by atoms with E-state index >= 15 is 0 Å². The summed E-state index contributed by atoms with van der Waals surface area (Å²) >= 11 is 0. The van der Waals surface area contributed by atoms with E-state index in [1.165, 1.54) is 29.5 Å². The van der Waals surface area contributed by atoms with Gasteiger partial charge in [-0.15, -0.1) is 0 Å². The average molecular weight is 364 g/mol. The molecular formula is C24H31N2O+. The van der Waals surface area contributed by atoms with Crippen LogP contribution in [0.2, 0.25) is 0 Å². The third-order valence-corrected chi connectivity index (χ3v) is 5.42. The first-order valence-corrected chi connectivity index (χ1v) is 9.99. The molecule has 2 unspecified atom stereocenters. The highest BCUT2D eigenvalue weighted by atomic mass is 16.3. The molecule has 0 aliphatic carbocycles. The molecule has 1 N–H and O–H groups in total. The van der Waals surface area contributed by atoms with Crippen LogP contribution in [0.5, 0.6) is 0 Å². The van der Waals surface area contributed by atoms with Gasteiger partial charge in [0.05, 0.1) is 6.61 Å². The molecule has 0 radical (unpaired) electrons. The van der Waals surface area contributed by atoms with Gasteiger partial charge in [-0.2, -0.15) is 0 Å². The Morgan fingerprint density at radius 3 is 2.41 bits per heavy atom. The first kappa shape index (κ1) is 19.4. The molecule has 1 heterocycles. The quantitative estimate of drug-likeness (QED) is 0.557. The average Bonchev–Trinajstić information content (AvgIpc) is 3.14. The zero-order valence-electron chi connectivity index (χ0n) is 16.5. The van der Waals surface area contributed by atoms with Gasteiger partial charge in [0.2, 0.25) is 6.33 Å². The van der Waals surface area contributed by atoms with Gasteiger partial charge in [-0.25, -0.2) is 9.13 Å². The van der Waals surface area contributed by atoms with Crippen LogP contribution in [0.1, 0.15) is 55.2 Å². The molecule has 2 atom stereocenters. The summed E-state index contributed by atoms with van der Waals surface area (Å²) < 4.78 is 4.15. The van der Waals surface area contributed by atoms with E-state index in [1.54, 1.807) is 0 Å². The van der Waals surface area contributed by atoms with Gasteiger partial charge in [0.1, 0.15) is 25.5 Å². The second-order valence-electron chi connectivity index (χ2n) is 7.44. The molecule has 0 saturated heterocycles. The summed E-state index contributed by atoms with van der Waals surface area (Å²) in [4.78, 5) is 0. The van der Waals surface area contributed by atoms with Gasteiger partial charge in [0.25, 0.3) is 0 Å². The summed E-state index contributed by atoms with van der Waals surface area (Å²) in [5.74, 6) is 1.16. The Kier molecular flexibility index (Phi) is 6.83. The van der Waals surface area contributed by atoms with Crippen LogP contribution in [0.25, 0.3) is 0 Å². The molecule has 0 aliphatic rings. The number of hydrogen-bond donors (Lipinski definition) is 1. The smallest absolute Gasteiger partial charge is 0.244 e. The van der Waals surface area contributed by atoms with Crippen molar-refractivity contribution < 1.29 is 9.67 Å². The Balaban J connectivity index is 1.61. The standard InChI is InChI=1S/C24H31N2O/c1-3-22(24-7-5-4-6-8-24)17-20(2)23-11-9-21(10-12-23)18-26-14-13-25(19-26)15-16-27/h4-14,19-20,22,27H,3,15-18H2,1-2H3/q+1. The lowest BCUT2D eigenvalue weighted by atomic mass is 9.84. The molecule has 3 rings (SSSR count). The molecule has 0 amide bonds. The molecule has 0 saturated carbocycles. The van der Waals surface area contributed by atoms with Crippen LogP contribution in [-0.2, 0) is 13.1 Å². The molecule has 0 aliphatic heterocycles. The molecule has 1 aromatic heterocycles. The van der Waals surface area contributed by atoms with E-state index in [-0.39, 0.29) is 6.61 Å². The fourth-order valence-electron chi connectivity index (χ4n) is 3.77. The van der Waals surface area contributed by atoms with E-state index in [4.69, 9.17) is 5.11 Å². The Morgan fingerprint density at radius 1 is 1.00 bits per heavy atom. The first-order valence-electron chi connectivity index (χ1n) is 9.99. The van der Waals surface area contributed by atoms with Gasteiger partial charge in [0.15, 0.2) is 0 Å². The lowest BCUT2D eigenvalue weighted by molar-refractivity contribution is -0.687. The Labute approximate surface area is 162 Å². The maximum Gasteiger partial charge on any atom is 0.244 e. The zero-order valence-corrected chi connectivity index (χ0v) is 16.5. The number of hydrogen-bond acceptors (Lipinski definition) is 1. The predicted octanol–water partition coefficient (Wildman–Crippen LogP) is 4.50. The molecule has 142 valence electrons. The maximum atomic E-state index is 9.02. The number of nitrogens with zero attached hydrogens (tertiary/aromatic N) is 2. The molecule has 0 fully saturated rings. The fraction of sp³-hybridized carbons (Fsp3) is 0.375. The normalized spacial score (nSPS) is 13.4. The van der Waals surface area contributed by atoms with Gasteiger partial charge in [-0.1, -0.05) is 68.4 Å². The summed E-state index contributed by atoms with van der Waals surface area (Å²) in [6.45, 7) is 6.29. The van der Waals surface area contributed by atoms with Crippen LogP contribution in [0.4, 0.5) is 0 Å². The lowest BCUT2D eigenvalue weighted by Crippen LogP contribution is -2.31. The van der Waals surface area contributed by atoms with Crippen molar-refractivity contribution in [1.29, 1.82) is 0 Å². The van der Waals surface area contributed by atoms with Crippen LogP contribution in [0.3, 0.4) is 0 Å². The number of imidazole rings is 1. The minimum atomic E-state index is 0.170. The van der Waals surface area contributed by atoms with E-state index in [0.717, 1.165) is 6.54 Å². The molecular weight excluding hydrogens is 332 g/mol. The third kappa shape index (κ3) is 5.30. The van der Waals surface area contributed by atoms with Gasteiger partial charge in [-0.3, -0.25) is 0 Å². The molecule has 27 heavy (non-hydrogen) atoms. The lowest BCUT2D eigenvalue weighted by Gasteiger charge is -2.20. The highest BCUT2D eigenvalue weighted by molar-refractivity contribution is 5.26. The minimum absolute atomic E-state index is 0.170. The van der Waals surface area contributed by atoms with Crippen molar-refractivity contribution in [2.45, 2.75) is 51.6 Å². The largest absolute Gasteiger partial charge is 0.392 e. The number of benzene rings is 2. The minimum Gasteiger partial charge on any atom is -0.392 e. The van der Waals surface area contributed by atoms with E-state index in [0.29, 0.717) is 18.4 Å². The van der Waals surface area contributed by atoms with E-state index in [1.807, 2.05) is 17.1 Å². The molecule has 3 heteroatoms. The van der Waals surface area contributed by atoms with Crippen molar-refractivity contribution in [2.75, 3.05) is 6.61 Å². The number of aromatic nitrogens is 2. The van der Waals surface area contributed by atoms with E-state index < -0.39 is 0 Å². The van der Waals surface area contributed by atoms with Crippen molar-refractivity contribution in [3.63, 3.8) is 0 Å². The van der Waals surface area contributed by atoms with Crippen LogP contribution in [-0.4, -0.2) is 16.3 Å². The number of rotatable bonds is 9. The monoisotopic (exact) mass is 363 g/mol. The summed E-state index contributed by atoms with van der Waals surface area (Å²) in [6, 6.07) is 19.9. The van der Waals surface area contributed by atoms with Crippen molar-refractivity contribution in [3.05, 3.63) is 90.0 Å². The fourth-order valence-corrected chi connectivity index (χ4v) is 3.77. The van der Waals surface area contributed by atoms with Gasteiger partial charge >= 0.3 is 0 Å². The number of aliphatic hydroxyl groups excluding tert-OH is 1. The van der Waals surface area contributed by atoms with Crippen LogP contribution in [0, 0.1) is 0 Å². The summed E-state index contributed by atoms with van der Waals surface area (Å²) in [7, 11) is 0. The zero-order chi connectivity index (χ0) is 19.1. The predicted molar refractivity (Wildman–Crippen MR) is 110 cm³/mol. The van der Waals surface area contributed by atoms with Crippen LogP contribution >= 0.6 is 0 Å². The molecule has 3 aromatic rings. The molecule has 0 bridgehead atoms. The Bertz CT molecular complexity index is 808. The topological polar surface area (TPSA) is 29.0 Å².